The molecule has 21 heavy (non-hydrogen) atoms. The van der Waals surface area contributed by atoms with Gasteiger partial charge in [0.05, 0.1) is 11.1 Å². The van der Waals surface area contributed by atoms with Crippen LogP contribution >= 0.6 is 23.3 Å². The summed E-state index contributed by atoms with van der Waals surface area (Å²) in [6, 6.07) is 2.63. The Hall–Kier alpha value is -1.61. The lowest BCUT2D eigenvalue weighted by atomic mass is 10.1. The molecule has 0 aliphatic carbocycles. The van der Waals surface area contributed by atoms with E-state index in [2.05, 4.69) is 9.36 Å². The highest BCUT2D eigenvalue weighted by atomic mass is 32.2. The molecular weight excluding hydrogens is 325 g/mol. The van der Waals surface area contributed by atoms with Gasteiger partial charge in [0.1, 0.15) is 5.82 Å². The van der Waals surface area contributed by atoms with Crippen LogP contribution in [-0.2, 0) is 12.6 Å². The first kappa shape index (κ1) is 15.8. The zero-order valence-electron chi connectivity index (χ0n) is 10.6. The van der Waals surface area contributed by atoms with Gasteiger partial charge in [0.2, 0.25) is 0 Å². The minimum Gasteiger partial charge on any atom is -0.478 e. The highest BCUT2D eigenvalue weighted by molar-refractivity contribution is 8.01. The number of carboxylic acid groups (broad SMARTS) is 1. The Morgan fingerprint density at radius 3 is 2.67 bits per heavy atom. The van der Waals surface area contributed by atoms with Crippen molar-refractivity contribution >= 4 is 29.3 Å². The number of nitrogens with zero attached hydrogens (tertiary/aromatic N) is 2. The van der Waals surface area contributed by atoms with Crippen molar-refractivity contribution in [2.75, 3.05) is 0 Å². The normalized spacial score (nSPS) is 11.6. The maximum Gasteiger partial charge on any atom is 0.416 e. The van der Waals surface area contributed by atoms with Gasteiger partial charge in [0.15, 0.2) is 4.34 Å². The molecule has 0 saturated heterocycles. The van der Waals surface area contributed by atoms with Crippen molar-refractivity contribution in [3.05, 3.63) is 35.2 Å². The highest BCUT2D eigenvalue weighted by Gasteiger charge is 2.32. The summed E-state index contributed by atoms with van der Waals surface area (Å²) < 4.78 is 42.4. The summed E-state index contributed by atoms with van der Waals surface area (Å²) in [5, 5.41) is 9.07. The van der Waals surface area contributed by atoms with Crippen LogP contribution in [0.15, 0.2) is 27.4 Å². The fourth-order valence-electron chi connectivity index (χ4n) is 1.48. The van der Waals surface area contributed by atoms with Crippen molar-refractivity contribution in [2.45, 2.75) is 28.8 Å². The lowest BCUT2D eigenvalue weighted by Gasteiger charge is -2.09. The molecular formula is C12H9F3N2O2S2. The van der Waals surface area contributed by atoms with Crippen molar-refractivity contribution in [3.8, 4) is 0 Å². The predicted molar refractivity (Wildman–Crippen MR) is 71.8 cm³/mol. The molecule has 0 atom stereocenters. The van der Waals surface area contributed by atoms with E-state index in [0.29, 0.717) is 22.7 Å². The van der Waals surface area contributed by atoms with Gasteiger partial charge in [-0.15, -0.1) is 0 Å². The average Bonchev–Trinajstić information content (AvgIpc) is 2.85. The van der Waals surface area contributed by atoms with Gasteiger partial charge in [-0.25, -0.2) is 9.78 Å². The van der Waals surface area contributed by atoms with Gasteiger partial charge in [0.25, 0.3) is 0 Å². The van der Waals surface area contributed by atoms with E-state index in [4.69, 9.17) is 5.11 Å². The standard InChI is InChI=1S/C12H9F3N2O2S2/c1-2-9-16-11(21-17-9)20-8-4-3-6(12(13,14)15)5-7(8)10(18)19/h3-5H,2H2,1H3,(H,18,19). The number of aromatic nitrogens is 2. The van der Waals surface area contributed by atoms with Crippen LogP contribution in [0.25, 0.3) is 0 Å². The van der Waals surface area contributed by atoms with E-state index in [0.717, 1.165) is 35.4 Å². The van der Waals surface area contributed by atoms with Crippen molar-refractivity contribution in [3.63, 3.8) is 0 Å². The van der Waals surface area contributed by atoms with Gasteiger partial charge in [-0.2, -0.15) is 17.5 Å². The van der Waals surface area contributed by atoms with Crippen LogP contribution in [0, 0.1) is 0 Å². The smallest absolute Gasteiger partial charge is 0.416 e. The van der Waals surface area contributed by atoms with E-state index in [1.807, 2.05) is 6.92 Å². The summed E-state index contributed by atoms with van der Waals surface area (Å²) >= 11 is 2.08. The van der Waals surface area contributed by atoms with E-state index in [1.165, 1.54) is 0 Å². The summed E-state index contributed by atoms with van der Waals surface area (Å²) in [5.74, 6) is -0.796. The number of alkyl halides is 3. The first-order valence-electron chi connectivity index (χ1n) is 5.76. The molecule has 4 nitrogen and oxygen atoms in total. The third kappa shape index (κ3) is 3.73. The van der Waals surface area contributed by atoms with Gasteiger partial charge in [0, 0.05) is 11.3 Å². The second kappa shape index (κ2) is 6.02. The molecule has 1 aromatic carbocycles. The van der Waals surface area contributed by atoms with Gasteiger partial charge >= 0.3 is 12.1 Å². The zero-order chi connectivity index (χ0) is 15.6. The molecule has 0 radical (unpaired) electrons. The van der Waals surface area contributed by atoms with Crippen LogP contribution in [0.2, 0.25) is 0 Å². The van der Waals surface area contributed by atoms with E-state index in [9.17, 15) is 18.0 Å². The Morgan fingerprint density at radius 1 is 1.43 bits per heavy atom. The number of aromatic carboxylic acids is 1. The second-order valence-corrected chi connectivity index (χ2v) is 5.99. The van der Waals surface area contributed by atoms with Crippen LogP contribution < -0.4 is 0 Å². The van der Waals surface area contributed by atoms with Gasteiger partial charge in [-0.1, -0.05) is 18.7 Å². The van der Waals surface area contributed by atoms with Crippen molar-refractivity contribution < 1.29 is 23.1 Å². The van der Waals surface area contributed by atoms with Gasteiger partial charge in [-0.3, -0.25) is 0 Å². The fourth-order valence-corrected chi connectivity index (χ4v) is 3.24. The quantitative estimate of drug-likeness (QED) is 0.916. The lowest BCUT2D eigenvalue weighted by Crippen LogP contribution is -2.08. The maximum absolute atomic E-state index is 12.6. The zero-order valence-corrected chi connectivity index (χ0v) is 12.3. The number of hydrogen-bond acceptors (Lipinski definition) is 5. The number of carboxylic acids is 1. The molecule has 2 rings (SSSR count). The molecule has 0 unspecified atom stereocenters. The van der Waals surface area contributed by atoms with Crippen LogP contribution in [0.4, 0.5) is 13.2 Å². The molecule has 112 valence electrons. The minimum absolute atomic E-state index is 0.203. The van der Waals surface area contributed by atoms with Crippen LogP contribution in [-0.4, -0.2) is 20.4 Å². The largest absolute Gasteiger partial charge is 0.478 e. The third-order valence-corrected chi connectivity index (χ3v) is 4.37. The van der Waals surface area contributed by atoms with Gasteiger partial charge in [-0.05, 0) is 29.7 Å². The van der Waals surface area contributed by atoms with Gasteiger partial charge < -0.3 is 5.11 Å². The summed E-state index contributed by atoms with van der Waals surface area (Å²) in [4.78, 5) is 15.5. The Balaban J connectivity index is 2.36. The Labute approximate surface area is 126 Å². The molecule has 0 amide bonds. The maximum atomic E-state index is 12.6. The van der Waals surface area contributed by atoms with Crippen LogP contribution in [0.5, 0.6) is 0 Å². The summed E-state index contributed by atoms with van der Waals surface area (Å²) in [6.07, 6.45) is -3.94. The SMILES string of the molecule is CCc1nsc(Sc2ccc(C(F)(F)F)cc2C(=O)O)n1. The minimum atomic E-state index is -4.58. The monoisotopic (exact) mass is 334 g/mol. The average molecular weight is 334 g/mol. The summed E-state index contributed by atoms with van der Waals surface area (Å²) in [6.45, 7) is 1.87. The van der Waals surface area contributed by atoms with Crippen molar-refractivity contribution in [1.29, 1.82) is 0 Å². The van der Waals surface area contributed by atoms with Crippen LogP contribution in [0.3, 0.4) is 0 Å². The molecule has 1 heterocycles. The molecule has 0 aliphatic heterocycles. The van der Waals surface area contributed by atoms with Crippen molar-refractivity contribution in [2.24, 2.45) is 0 Å². The molecule has 0 fully saturated rings. The van der Waals surface area contributed by atoms with Crippen LogP contribution in [0.1, 0.15) is 28.7 Å². The first-order valence-corrected chi connectivity index (χ1v) is 7.35. The van der Waals surface area contributed by atoms with E-state index in [-0.39, 0.29) is 4.90 Å². The van der Waals surface area contributed by atoms with E-state index >= 15 is 0 Å². The van der Waals surface area contributed by atoms with E-state index < -0.39 is 23.3 Å². The molecule has 0 aliphatic rings. The highest BCUT2D eigenvalue weighted by Crippen LogP contribution is 2.36. The topological polar surface area (TPSA) is 63.1 Å². The number of halogens is 3. The summed E-state index contributed by atoms with van der Waals surface area (Å²) in [7, 11) is 0. The molecule has 0 spiro atoms. The molecule has 0 saturated carbocycles. The number of carbonyl (C=O) groups is 1. The number of benzene rings is 1. The van der Waals surface area contributed by atoms with E-state index in [1.54, 1.807) is 0 Å². The van der Waals surface area contributed by atoms with Crippen molar-refractivity contribution in [1.82, 2.24) is 9.36 Å². The number of hydrogen-bond donors (Lipinski definition) is 1. The molecule has 1 aromatic heterocycles. The lowest BCUT2D eigenvalue weighted by molar-refractivity contribution is -0.137. The fraction of sp³-hybridized carbons (Fsp3) is 0.250. The molecule has 1 N–H and O–H groups in total. The number of aryl methyl sites for hydroxylation is 1. The Morgan fingerprint density at radius 2 is 2.14 bits per heavy atom. The second-order valence-electron chi connectivity index (χ2n) is 3.95. The molecule has 2 aromatic rings. The third-order valence-electron chi connectivity index (χ3n) is 2.50. The molecule has 0 bridgehead atoms. The predicted octanol–water partition coefficient (Wildman–Crippen LogP) is 3.97. The summed E-state index contributed by atoms with van der Waals surface area (Å²) in [5.41, 5.74) is -1.39. The Kier molecular flexibility index (Phi) is 4.52. The molecule has 9 heteroatoms. The first-order chi connectivity index (χ1) is 9.81. The Bertz CT molecular complexity index is 671. The number of rotatable bonds is 4.